The van der Waals surface area contributed by atoms with Crippen molar-refractivity contribution in [1.82, 2.24) is 4.90 Å². The fourth-order valence-corrected chi connectivity index (χ4v) is 2.38. The summed E-state index contributed by atoms with van der Waals surface area (Å²) in [5.41, 5.74) is 2.55. The van der Waals surface area contributed by atoms with Crippen LogP contribution in [0.5, 0.6) is 5.75 Å². The molecule has 2 heterocycles. The molecule has 0 spiro atoms. The summed E-state index contributed by atoms with van der Waals surface area (Å²) in [6, 6.07) is 8.29. The standard InChI is InChI=1S/C14H16NO.C2H4O2.Li/c1-4-9-15(10-5-1)13-8-11-16-14-7-3-2-6-12(13)14;1-2(3)4;/h2-3,6-9H,1,4-5,10-11H2;1H3,(H,3,4);/q-1;;+1. The number of piperidine rings is 1. The van der Waals surface area contributed by atoms with Gasteiger partial charge in [-0.2, -0.15) is 6.42 Å². The van der Waals surface area contributed by atoms with Crippen molar-refractivity contribution >= 4 is 11.7 Å². The van der Waals surface area contributed by atoms with Crippen LogP contribution in [0.1, 0.15) is 31.7 Å². The fraction of sp³-hybridized carbons (Fsp3) is 0.375. The van der Waals surface area contributed by atoms with Crippen molar-refractivity contribution < 1.29 is 33.5 Å². The zero-order chi connectivity index (χ0) is 14.4. The van der Waals surface area contributed by atoms with Crippen molar-refractivity contribution in [3.8, 4) is 5.75 Å². The SMILES string of the molecule is C1=C(N2[CH-]CCCC2)c2ccccc2OC1.CC(=O)O.[Li+]. The molecule has 0 radical (unpaired) electrons. The second-order valence-electron chi connectivity index (χ2n) is 4.79. The molecule has 0 atom stereocenters. The number of ether oxygens (including phenoxy) is 1. The third-order valence-electron chi connectivity index (χ3n) is 3.19. The maximum absolute atomic E-state index is 9.00. The molecule has 1 saturated heterocycles. The average molecular weight is 281 g/mol. The molecule has 0 aliphatic carbocycles. The molecule has 1 aromatic rings. The van der Waals surface area contributed by atoms with Crippen LogP contribution in [-0.4, -0.2) is 29.1 Å². The zero-order valence-electron chi connectivity index (χ0n) is 12.7. The Morgan fingerprint density at radius 1 is 1.33 bits per heavy atom. The Bertz CT molecular complexity index is 492. The molecular weight excluding hydrogens is 261 g/mol. The van der Waals surface area contributed by atoms with E-state index >= 15 is 0 Å². The van der Waals surface area contributed by atoms with Gasteiger partial charge < -0.3 is 14.7 Å². The first-order valence-corrected chi connectivity index (χ1v) is 6.90. The summed E-state index contributed by atoms with van der Waals surface area (Å²) in [4.78, 5) is 11.4. The summed E-state index contributed by atoms with van der Waals surface area (Å²) in [5, 5.41) is 7.42. The van der Waals surface area contributed by atoms with Gasteiger partial charge in [0.25, 0.3) is 5.97 Å². The van der Waals surface area contributed by atoms with E-state index in [1.54, 1.807) is 0 Å². The molecule has 2 aliphatic heterocycles. The number of carboxylic acid groups (broad SMARTS) is 1. The summed E-state index contributed by atoms with van der Waals surface area (Å²) in [7, 11) is 0. The number of para-hydroxylation sites is 1. The number of nitrogens with zero attached hydrogens (tertiary/aromatic N) is 1. The maximum atomic E-state index is 9.00. The Hall–Kier alpha value is -1.37. The minimum Gasteiger partial charge on any atom is -0.522 e. The zero-order valence-corrected chi connectivity index (χ0v) is 12.7. The predicted molar refractivity (Wildman–Crippen MR) is 78.1 cm³/mol. The molecular formula is C16H20LiNO3. The van der Waals surface area contributed by atoms with E-state index in [2.05, 4.69) is 29.7 Å². The van der Waals surface area contributed by atoms with Gasteiger partial charge in [0.05, 0.1) is 0 Å². The third kappa shape index (κ3) is 5.15. The molecule has 21 heavy (non-hydrogen) atoms. The summed E-state index contributed by atoms with van der Waals surface area (Å²) < 4.78 is 5.63. The molecule has 2 aliphatic rings. The van der Waals surface area contributed by atoms with E-state index in [1.807, 2.05) is 12.1 Å². The molecule has 3 rings (SSSR count). The summed E-state index contributed by atoms with van der Waals surface area (Å²) in [6.45, 7) is 5.23. The second-order valence-corrected chi connectivity index (χ2v) is 4.79. The number of likely N-dealkylation sites (tertiary alicyclic amines) is 1. The van der Waals surface area contributed by atoms with Crippen LogP contribution in [0.2, 0.25) is 0 Å². The van der Waals surface area contributed by atoms with Gasteiger partial charge in [-0.15, -0.1) is 0 Å². The molecule has 108 valence electrons. The predicted octanol–water partition coefficient (Wildman–Crippen LogP) is 0.162. The van der Waals surface area contributed by atoms with Crippen molar-refractivity contribution in [1.29, 1.82) is 0 Å². The third-order valence-corrected chi connectivity index (χ3v) is 3.19. The Morgan fingerprint density at radius 2 is 2.05 bits per heavy atom. The number of carboxylic acids is 1. The van der Waals surface area contributed by atoms with Gasteiger partial charge >= 0.3 is 18.9 Å². The van der Waals surface area contributed by atoms with E-state index in [9.17, 15) is 0 Å². The van der Waals surface area contributed by atoms with Gasteiger partial charge in [0.2, 0.25) is 0 Å². The molecule has 0 saturated carbocycles. The quantitative estimate of drug-likeness (QED) is 0.588. The first kappa shape index (κ1) is 17.7. The Labute approximate surface area is 138 Å². The average Bonchev–Trinajstić information content (AvgIpc) is 2.47. The summed E-state index contributed by atoms with van der Waals surface area (Å²) in [5.74, 6) is 0.180. The van der Waals surface area contributed by atoms with Crippen molar-refractivity contribution in [2.24, 2.45) is 0 Å². The van der Waals surface area contributed by atoms with E-state index < -0.39 is 5.97 Å². The van der Waals surface area contributed by atoms with E-state index in [0.29, 0.717) is 6.61 Å². The molecule has 1 fully saturated rings. The topological polar surface area (TPSA) is 49.8 Å². The van der Waals surface area contributed by atoms with Crippen LogP contribution in [-0.2, 0) is 4.79 Å². The molecule has 1 aromatic carbocycles. The second kappa shape index (κ2) is 8.81. The van der Waals surface area contributed by atoms with Gasteiger partial charge in [-0.25, -0.2) is 6.54 Å². The van der Waals surface area contributed by atoms with Crippen LogP contribution in [0.15, 0.2) is 30.3 Å². The van der Waals surface area contributed by atoms with Gasteiger partial charge in [0, 0.05) is 18.2 Å². The maximum Gasteiger partial charge on any atom is 1.00 e. The number of benzene rings is 1. The van der Waals surface area contributed by atoms with Gasteiger partial charge in [-0.05, 0) is 31.2 Å². The van der Waals surface area contributed by atoms with Crippen LogP contribution < -0.4 is 23.6 Å². The molecule has 1 N–H and O–H groups in total. The number of fused-ring (bicyclic) bond motifs is 1. The van der Waals surface area contributed by atoms with Crippen LogP contribution in [0.25, 0.3) is 5.70 Å². The number of aliphatic carboxylic acids is 1. The monoisotopic (exact) mass is 281 g/mol. The molecule has 0 unspecified atom stereocenters. The van der Waals surface area contributed by atoms with E-state index in [1.165, 1.54) is 30.5 Å². The molecule has 0 aromatic heterocycles. The number of hydrogen-bond acceptors (Lipinski definition) is 3. The summed E-state index contributed by atoms with van der Waals surface area (Å²) in [6.07, 6.45) is 5.99. The van der Waals surface area contributed by atoms with Crippen molar-refractivity contribution in [2.45, 2.75) is 26.2 Å². The minimum absolute atomic E-state index is 0. The molecule has 0 amide bonds. The molecule has 4 nitrogen and oxygen atoms in total. The minimum atomic E-state index is -0.833. The Morgan fingerprint density at radius 3 is 2.71 bits per heavy atom. The number of hydrogen-bond donors (Lipinski definition) is 1. The van der Waals surface area contributed by atoms with Crippen LogP contribution in [0.3, 0.4) is 0 Å². The van der Waals surface area contributed by atoms with E-state index in [0.717, 1.165) is 19.2 Å². The van der Waals surface area contributed by atoms with Gasteiger partial charge in [-0.3, -0.25) is 4.79 Å². The number of rotatable bonds is 1. The van der Waals surface area contributed by atoms with Crippen LogP contribution >= 0.6 is 0 Å². The van der Waals surface area contributed by atoms with E-state index in [-0.39, 0.29) is 18.9 Å². The normalized spacial score (nSPS) is 16.2. The molecule has 0 bridgehead atoms. The van der Waals surface area contributed by atoms with Crippen molar-refractivity contribution in [3.05, 3.63) is 42.4 Å². The first-order valence-electron chi connectivity index (χ1n) is 6.90. The summed E-state index contributed by atoms with van der Waals surface area (Å²) >= 11 is 0. The van der Waals surface area contributed by atoms with Gasteiger partial charge in [0.15, 0.2) is 0 Å². The van der Waals surface area contributed by atoms with Crippen LogP contribution in [0, 0.1) is 6.54 Å². The van der Waals surface area contributed by atoms with Gasteiger partial charge in [-0.1, -0.05) is 18.6 Å². The first-order chi connectivity index (χ1) is 9.68. The van der Waals surface area contributed by atoms with Crippen molar-refractivity contribution in [3.63, 3.8) is 0 Å². The van der Waals surface area contributed by atoms with Crippen LogP contribution in [0.4, 0.5) is 0 Å². The smallest absolute Gasteiger partial charge is 0.522 e. The Balaban J connectivity index is 0.000000397. The van der Waals surface area contributed by atoms with E-state index in [4.69, 9.17) is 14.6 Å². The Kier molecular flexibility index (Phi) is 7.42. The largest absolute Gasteiger partial charge is 1.00 e. The fourth-order valence-electron chi connectivity index (χ4n) is 2.38. The van der Waals surface area contributed by atoms with Crippen molar-refractivity contribution in [2.75, 3.05) is 13.2 Å². The number of carbonyl (C=O) groups is 1. The van der Waals surface area contributed by atoms with Gasteiger partial charge in [0.1, 0.15) is 12.4 Å². The molecule has 5 heteroatoms.